The molecule has 1 fully saturated rings. The Labute approximate surface area is 127 Å². The zero-order chi connectivity index (χ0) is 15.4. The van der Waals surface area contributed by atoms with Crippen LogP contribution in [-0.4, -0.2) is 37.2 Å². The maximum absolute atomic E-state index is 11.9. The molecule has 4 heteroatoms. The minimum Gasteiger partial charge on any atom is -0.496 e. The molecule has 0 bridgehead atoms. The first-order valence-electron chi connectivity index (χ1n) is 7.56. The van der Waals surface area contributed by atoms with E-state index >= 15 is 0 Å². The second kappa shape index (κ2) is 6.94. The van der Waals surface area contributed by atoms with Gasteiger partial charge in [0.25, 0.3) is 0 Å². The van der Waals surface area contributed by atoms with E-state index in [0.29, 0.717) is 0 Å². The van der Waals surface area contributed by atoms with Crippen molar-refractivity contribution in [2.75, 3.05) is 20.2 Å². The number of benzene rings is 1. The summed E-state index contributed by atoms with van der Waals surface area (Å²) in [5, 5.41) is 0. The number of carbonyl (C=O) groups excluding carboxylic acids is 1. The lowest BCUT2D eigenvalue weighted by Gasteiger charge is -2.18. The Morgan fingerprint density at radius 2 is 2.19 bits per heavy atom. The third kappa shape index (κ3) is 4.21. The van der Waals surface area contributed by atoms with Crippen LogP contribution in [0.2, 0.25) is 0 Å². The molecule has 0 aliphatic carbocycles. The number of hydrogen-bond donors (Lipinski definition) is 0. The first kappa shape index (κ1) is 15.8. The van der Waals surface area contributed by atoms with E-state index in [-0.39, 0.29) is 18.0 Å². The fourth-order valence-electron chi connectivity index (χ4n) is 2.72. The van der Waals surface area contributed by atoms with Gasteiger partial charge < -0.3 is 9.47 Å². The minimum atomic E-state index is -0.0663. The van der Waals surface area contributed by atoms with E-state index in [1.54, 1.807) is 7.11 Å². The molecule has 0 spiro atoms. The van der Waals surface area contributed by atoms with Gasteiger partial charge in [0.05, 0.1) is 19.1 Å². The van der Waals surface area contributed by atoms with E-state index in [9.17, 15) is 4.79 Å². The highest BCUT2D eigenvalue weighted by molar-refractivity contribution is 5.73. The highest BCUT2D eigenvalue weighted by Gasteiger charge is 2.30. The van der Waals surface area contributed by atoms with Gasteiger partial charge in [0.1, 0.15) is 5.75 Å². The normalized spacial score (nSPS) is 19.0. The van der Waals surface area contributed by atoms with Gasteiger partial charge in [0.15, 0.2) is 0 Å². The molecule has 1 heterocycles. The average molecular weight is 291 g/mol. The summed E-state index contributed by atoms with van der Waals surface area (Å²) in [6, 6.07) is 6.25. The van der Waals surface area contributed by atoms with Gasteiger partial charge in [-0.05, 0) is 45.4 Å². The minimum absolute atomic E-state index is 0.00356. The van der Waals surface area contributed by atoms with Crippen LogP contribution >= 0.6 is 0 Å². The Hall–Kier alpha value is -1.55. The molecule has 1 aromatic rings. The van der Waals surface area contributed by atoms with Crippen LogP contribution in [0, 0.1) is 12.8 Å². The van der Waals surface area contributed by atoms with E-state index in [1.165, 1.54) is 11.1 Å². The summed E-state index contributed by atoms with van der Waals surface area (Å²) < 4.78 is 10.7. The van der Waals surface area contributed by atoms with Crippen molar-refractivity contribution in [3.8, 4) is 5.75 Å². The Bertz CT molecular complexity index is 499. The van der Waals surface area contributed by atoms with Crippen LogP contribution in [0.25, 0.3) is 0 Å². The SMILES string of the molecule is COc1cc(C)ccc1CN1CC[C@H](C(=O)OC(C)C)C1. The van der Waals surface area contributed by atoms with Crippen molar-refractivity contribution in [2.24, 2.45) is 5.92 Å². The van der Waals surface area contributed by atoms with E-state index in [1.807, 2.05) is 13.8 Å². The van der Waals surface area contributed by atoms with Gasteiger partial charge in [0, 0.05) is 18.7 Å². The number of ether oxygens (including phenoxy) is 2. The smallest absolute Gasteiger partial charge is 0.310 e. The van der Waals surface area contributed by atoms with Crippen LogP contribution in [0.3, 0.4) is 0 Å². The fraction of sp³-hybridized carbons (Fsp3) is 0.588. The zero-order valence-electron chi connectivity index (χ0n) is 13.4. The zero-order valence-corrected chi connectivity index (χ0v) is 13.4. The second-order valence-electron chi connectivity index (χ2n) is 6.02. The van der Waals surface area contributed by atoms with Gasteiger partial charge in [-0.15, -0.1) is 0 Å². The lowest BCUT2D eigenvalue weighted by atomic mass is 10.1. The molecular formula is C17H25NO3. The van der Waals surface area contributed by atoms with E-state index < -0.39 is 0 Å². The molecule has 1 saturated heterocycles. The quantitative estimate of drug-likeness (QED) is 0.782. The predicted octanol–water partition coefficient (Wildman–Crippen LogP) is 2.78. The van der Waals surface area contributed by atoms with Gasteiger partial charge in [-0.2, -0.15) is 0 Å². The summed E-state index contributed by atoms with van der Waals surface area (Å²) in [6.07, 6.45) is 0.837. The van der Waals surface area contributed by atoms with Crippen LogP contribution in [0.4, 0.5) is 0 Å². The molecule has 1 aliphatic rings. The molecule has 0 aromatic heterocycles. The first-order chi connectivity index (χ1) is 9.99. The van der Waals surface area contributed by atoms with Crippen LogP contribution in [0.15, 0.2) is 18.2 Å². The summed E-state index contributed by atoms with van der Waals surface area (Å²) in [5.74, 6) is 0.857. The molecule has 4 nitrogen and oxygen atoms in total. The standard InChI is InChI=1S/C17H25NO3/c1-12(2)21-17(19)15-7-8-18(11-15)10-14-6-5-13(3)9-16(14)20-4/h5-6,9,12,15H,7-8,10-11H2,1-4H3/t15-/m0/s1. The van der Waals surface area contributed by atoms with Gasteiger partial charge in [-0.1, -0.05) is 12.1 Å². The highest BCUT2D eigenvalue weighted by Crippen LogP contribution is 2.25. The van der Waals surface area contributed by atoms with Crippen molar-refractivity contribution >= 4 is 5.97 Å². The fourth-order valence-corrected chi connectivity index (χ4v) is 2.72. The van der Waals surface area contributed by atoms with Gasteiger partial charge in [-0.3, -0.25) is 9.69 Å². The van der Waals surface area contributed by atoms with Crippen molar-refractivity contribution in [2.45, 2.75) is 39.8 Å². The Morgan fingerprint density at radius 3 is 2.86 bits per heavy atom. The van der Waals surface area contributed by atoms with Crippen molar-refractivity contribution in [3.05, 3.63) is 29.3 Å². The van der Waals surface area contributed by atoms with Crippen LogP contribution < -0.4 is 4.74 Å². The number of hydrogen-bond acceptors (Lipinski definition) is 4. The molecular weight excluding hydrogens is 266 g/mol. The summed E-state index contributed by atoms with van der Waals surface area (Å²) in [7, 11) is 1.70. The Balaban J connectivity index is 1.95. The third-order valence-corrected chi connectivity index (χ3v) is 3.79. The number of likely N-dealkylation sites (tertiary alicyclic amines) is 1. The summed E-state index contributed by atoms with van der Waals surface area (Å²) in [5.41, 5.74) is 2.36. The van der Waals surface area contributed by atoms with Gasteiger partial charge in [0.2, 0.25) is 0 Å². The first-order valence-corrected chi connectivity index (χ1v) is 7.56. The topological polar surface area (TPSA) is 38.8 Å². The molecule has 1 aliphatic heterocycles. The number of aryl methyl sites for hydroxylation is 1. The summed E-state index contributed by atoms with van der Waals surface area (Å²) in [6.45, 7) is 8.34. The van der Waals surface area contributed by atoms with Gasteiger partial charge >= 0.3 is 5.97 Å². The van der Waals surface area contributed by atoms with Crippen molar-refractivity contribution < 1.29 is 14.3 Å². The van der Waals surface area contributed by atoms with Crippen LogP contribution in [-0.2, 0) is 16.1 Å². The Kier molecular flexibility index (Phi) is 5.23. The molecule has 116 valence electrons. The summed E-state index contributed by atoms with van der Waals surface area (Å²) in [4.78, 5) is 14.2. The largest absolute Gasteiger partial charge is 0.496 e. The molecule has 0 saturated carbocycles. The van der Waals surface area contributed by atoms with Crippen molar-refractivity contribution in [1.82, 2.24) is 4.90 Å². The predicted molar refractivity (Wildman–Crippen MR) is 82.3 cm³/mol. The number of methoxy groups -OCH3 is 1. The molecule has 1 aromatic carbocycles. The molecule has 1 atom stereocenters. The lowest BCUT2D eigenvalue weighted by molar-refractivity contribution is -0.151. The monoisotopic (exact) mass is 291 g/mol. The maximum atomic E-state index is 11.9. The number of rotatable bonds is 5. The third-order valence-electron chi connectivity index (χ3n) is 3.79. The second-order valence-corrected chi connectivity index (χ2v) is 6.02. The molecule has 2 rings (SSSR count). The van der Waals surface area contributed by atoms with Crippen LogP contribution in [0.5, 0.6) is 5.75 Å². The van der Waals surface area contributed by atoms with Gasteiger partial charge in [-0.25, -0.2) is 0 Å². The highest BCUT2D eigenvalue weighted by atomic mass is 16.5. The number of carbonyl (C=O) groups is 1. The van der Waals surface area contributed by atoms with E-state index in [4.69, 9.17) is 9.47 Å². The average Bonchev–Trinajstić information content (AvgIpc) is 2.88. The van der Waals surface area contributed by atoms with Crippen molar-refractivity contribution in [3.63, 3.8) is 0 Å². The molecule has 0 unspecified atom stereocenters. The molecule has 0 radical (unpaired) electrons. The maximum Gasteiger partial charge on any atom is 0.310 e. The Morgan fingerprint density at radius 1 is 1.43 bits per heavy atom. The van der Waals surface area contributed by atoms with E-state index in [0.717, 1.165) is 31.8 Å². The molecule has 21 heavy (non-hydrogen) atoms. The lowest BCUT2D eigenvalue weighted by Crippen LogP contribution is -2.25. The number of nitrogens with zero attached hydrogens (tertiary/aromatic N) is 1. The summed E-state index contributed by atoms with van der Waals surface area (Å²) >= 11 is 0. The van der Waals surface area contributed by atoms with Crippen LogP contribution in [0.1, 0.15) is 31.4 Å². The molecule has 0 N–H and O–H groups in total. The molecule has 0 amide bonds. The van der Waals surface area contributed by atoms with E-state index in [2.05, 4.69) is 30.0 Å². The van der Waals surface area contributed by atoms with Crippen molar-refractivity contribution in [1.29, 1.82) is 0 Å². The number of esters is 1.